The summed E-state index contributed by atoms with van der Waals surface area (Å²) in [7, 11) is 1.71. The highest BCUT2D eigenvalue weighted by atomic mass is 16.5. The largest absolute Gasteiger partial charge is 0.496 e. The number of quaternary nitrogens is 1. The van der Waals surface area contributed by atoms with Crippen molar-refractivity contribution in [1.29, 1.82) is 0 Å². The molecule has 2 rings (SSSR count). The molecule has 3 N–H and O–H groups in total. The first kappa shape index (κ1) is 13.8. The number of rotatable bonds is 6. The monoisotopic (exact) mass is 260 g/mol. The molecular weight excluding hydrogens is 238 g/mol. The van der Waals surface area contributed by atoms with Crippen molar-refractivity contribution in [1.82, 2.24) is 0 Å². The molecule has 0 amide bonds. The molecule has 0 aliphatic carbocycles. The van der Waals surface area contributed by atoms with Gasteiger partial charge < -0.3 is 15.2 Å². The fraction of sp³-hybridized carbons (Fsp3) is 0.375. The van der Waals surface area contributed by atoms with Gasteiger partial charge in [0.15, 0.2) is 0 Å². The second-order valence-electron chi connectivity index (χ2n) is 4.76. The third-order valence-corrected chi connectivity index (χ3v) is 3.63. The average Bonchev–Trinajstić information content (AvgIpc) is 2.48. The number of hydrogen-bond acceptors (Lipinski definition) is 2. The highest BCUT2D eigenvalue weighted by Crippen LogP contribution is 2.27. The van der Waals surface area contributed by atoms with Crippen LogP contribution in [-0.2, 0) is 6.54 Å². The van der Waals surface area contributed by atoms with Gasteiger partial charge in [0.05, 0.1) is 19.3 Å². The molecule has 0 saturated heterocycles. The Hall–Kier alpha value is -1.58. The van der Waals surface area contributed by atoms with Gasteiger partial charge in [0.1, 0.15) is 18.3 Å². The average molecular weight is 260 g/mol. The number of nitrogens with two attached hydrogens (primary N) is 1. The first-order valence-corrected chi connectivity index (χ1v) is 6.79. The summed E-state index contributed by atoms with van der Waals surface area (Å²) in [5.41, 5.74) is 1.20. The highest BCUT2D eigenvalue weighted by molar-refractivity contribution is 5.87. The number of aliphatic hydroxyl groups excluding tert-OH is 1. The Kier molecular flexibility index (Phi) is 4.77. The lowest BCUT2D eigenvalue weighted by Crippen LogP contribution is -2.89. The van der Waals surface area contributed by atoms with Crippen LogP contribution in [0.2, 0.25) is 0 Å². The predicted molar refractivity (Wildman–Crippen MR) is 77.3 cm³/mol. The molecule has 0 bridgehead atoms. The number of fused-ring (bicyclic) bond motifs is 1. The summed E-state index contributed by atoms with van der Waals surface area (Å²) in [6.45, 7) is 3.13. The van der Waals surface area contributed by atoms with E-state index >= 15 is 0 Å². The molecule has 0 radical (unpaired) electrons. The van der Waals surface area contributed by atoms with Crippen LogP contribution in [0.5, 0.6) is 5.75 Å². The zero-order valence-corrected chi connectivity index (χ0v) is 11.6. The molecule has 19 heavy (non-hydrogen) atoms. The Labute approximate surface area is 114 Å². The lowest BCUT2D eigenvalue weighted by Gasteiger charge is -2.14. The van der Waals surface area contributed by atoms with Crippen LogP contribution in [-0.4, -0.2) is 24.9 Å². The number of aliphatic hydroxyl groups is 1. The quantitative estimate of drug-likeness (QED) is 0.830. The molecule has 0 aliphatic rings. The second-order valence-corrected chi connectivity index (χ2v) is 4.76. The molecule has 102 valence electrons. The van der Waals surface area contributed by atoms with E-state index in [4.69, 9.17) is 4.74 Å². The van der Waals surface area contributed by atoms with Crippen LogP contribution in [0.15, 0.2) is 36.4 Å². The number of methoxy groups -OCH3 is 1. The van der Waals surface area contributed by atoms with Gasteiger partial charge in [0, 0.05) is 0 Å². The van der Waals surface area contributed by atoms with Crippen LogP contribution in [0.25, 0.3) is 10.8 Å². The normalized spacial score (nSPS) is 12.6. The van der Waals surface area contributed by atoms with E-state index in [2.05, 4.69) is 36.5 Å². The van der Waals surface area contributed by atoms with E-state index in [0.717, 1.165) is 18.7 Å². The standard InChI is InChI=1S/C16H21NO2/c1-3-13(11-18)17-10-15-14-7-5-4-6-12(14)8-9-16(15)19-2/h4-9,13,17-18H,3,10-11H2,1-2H3/p+1/t13-/m1/s1. The van der Waals surface area contributed by atoms with Crippen LogP contribution in [0.4, 0.5) is 0 Å². The summed E-state index contributed by atoms with van der Waals surface area (Å²) in [4.78, 5) is 0. The minimum atomic E-state index is 0.212. The van der Waals surface area contributed by atoms with E-state index < -0.39 is 0 Å². The van der Waals surface area contributed by atoms with Gasteiger partial charge in [0.2, 0.25) is 0 Å². The molecule has 0 spiro atoms. The van der Waals surface area contributed by atoms with Crippen molar-refractivity contribution in [3.8, 4) is 5.75 Å². The maximum atomic E-state index is 9.28. The summed E-state index contributed by atoms with van der Waals surface area (Å²) in [6, 6.07) is 12.7. The van der Waals surface area contributed by atoms with Gasteiger partial charge in [-0.1, -0.05) is 37.3 Å². The maximum Gasteiger partial charge on any atom is 0.128 e. The van der Waals surface area contributed by atoms with Crippen molar-refractivity contribution in [3.63, 3.8) is 0 Å². The molecule has 0 heterocycles. The molecule has 2 aromatic carbocycles. The van der Waals surface area contributed by atoms with E-state index in [1.807, 2.05) is 12.1 Å². The summed E-state index contributed by atoms with van der Waals surface area (Å²) >= 11 is 0. The van der Waals surface area contributed by atoms with Gasteiger partial charge in [-0.2, -0.15) is 0 Å². The van der Waals surface area contributed by atoms with Crippen LogP contribution < -0.4 is 10.1 Å². The molecule has 2 aromatic rings. The molecule has 0 fully saturated rings. The number of hydrogen-bond donors (Lipinski definition) is 2. The third-order valence-electron chi connectivity index (χ3n) is 3.63. The Morgan fingerprint density at radius 1 is 1.21 bits per heavy atom. The predicted octanol–water partition coefficient (Wildman–Crippen LogP) is 1.68. The molecule has 3 nitrogen and oxygen atoms in total. The number of benzene rings is 2. The SMILES string of the molecule is CC[C@H](CO)[NH2+]Cc1c(OC)ccc2ccccc12. The molecule has 0 aromatic heterocycles. The van der Waals surface area contributed by atoms with E-state index in [9.17, 15) is 5.11 Å². The Bertz CT molecular complexity index is 535. The topological polar surface area (TPSA) is 46.1 Å². The smallest absolute Gasteiger partial charge is 0.128 e. The maximum absolute atomic E-state index is 9.28. The van der Waals surface area contributed by atoms with E-state index in [1.165, 1.54) is 16.3 Å². The van der Waals surface area contributed by atoms with Crippen molar-refractivity contribution >= 4 is 10.8 Å². The Morgan fingerprint density at radius 2 is 2.00 bits per heavy atom. The molecule has 3 heteroatoms. The highest BCUT2D eigenvalue weighted by Gasteiger charge is 2.13. The molecule has 0 aliphatic heterocycles. The molecule has 0 unspecified atom stereocenters. The summed E-state index contributed by atoms with van der Waals surface area (Å²) in [6.07, 6.45) is 0.962. The zero-order chi connectivity index (χ0) is 13.7. The van der Waals surface area contributed by atoms with Crippen molar-refractivity contribution < 1.29 is 15.2 Å². The van der Waals surface area contributed by atoms with Crippen molar-refractivity contribution in [2.75, 3.05) is 13.7 Å². The fourth-order valence-electron chi connectivity index (χ4n) is 2.37. The van der Waals surface area contributed by atoms with Crippen LogP contribution >= 0.6 is 0 Å². The van der Waals surface area contributed by atoms with Crippen molar-refractivity contribution in [2.45, 2.75) is 25.9 Å². The van der Waals surface area contributed by atoms with E-state index in [-0.39, 0.29) is 12.6 Å². The van der Waals surface area contributed by atoms with Gasteiger partial charge in [-0.15, -0.1) is 0 Å². The van der Waals surface area contributed by atoms with E-state index in [1.54, 1.807) is 7.11 Å². The van der Waals surface area contributed by atoms with Gasteiger partial charge in [-0.25, -0.2) is 0 Å². The van der Waals surface area contributed by atoms with Crippen molar-refractivity contribution in [3.05, 3.63) is 42.0 Å². The first-order valence-electron chi connectivity index (χ1n) is 6.79. The first-order chi connectivity index (χ1) is 9.30. The van der Waals surface area contributed by atoms with Gasteiger partial charge in [-0.05, 0) is 23.3 Å². The van der Waals surface area contributed by atoms with Crippen molar-refractivity contribution in [2.24, 2.45) is 0 Å². The minimum Gasteiger partial charge on any atom is -0.496 e. The lowest BCUT2D eigenvalue weighted by molar-refractivity contribution is -0.706. The van der Waals surface area contributed by atoms with Gasteiger partial charge >= 0.3 is 0 Å². The van der Waals surface area contributed by atoms with E-state index in [0.29, 0.717) is 0 Å². The van der Waals surface area contributed by atoms with Gasteiger partial charge in [0.25, 0.3) is 0 Å². The summed E-state index contributed by atoms with van der Waals surface area (Å²) in [5.74, 6) is 0.919. The molecule has 0 saturated carbocycles. The summed E-state index contributed by atoms with van der Waals surface area (Å²) < 4.78 is 5.47. The zero-order valence-electron chi connectivity index (χ0n) is 11.6. The molecule has 1 atom stereocenters. The van der Waals surface area contributed by atoms with Crippen LogP contribution in [0.3, 0.4) is 0 Å². The Morgan fingerprint density at radius 3 is 2.68 bits per heavy atom. The Balaban J connectivity index is 2.33. The van der Waals surface area contributed by atoms with Gasteiger partial charge in [-0.3, -0.25) is 0 Å². The number of ether oxygens (including phenoxy) is 1. The minimum absolute atomic E-state index is 0.212. The summed E-state index contributed by atoms with van der Waals surface area (Å²) in [5, 5.41) is 13.9. The lowest BCUT2D eigenvalue weighted by atomic mass is 10.0. The second kappa shape index (κ2) is 6.55. The van der Waals surface area contributed by atoms with Crippen LogP contribution in [0.1, 0.15) is 18.9 Å². The molecular formula is C16H22NO2+. The third kappa shape index (κ3) is 3.06. The van der Waals surface area contributed by atoms with Crippen LogP contribution in [0, 0.1) is 0 Å². The fourth-order valence-corrected chi connectivity index (χ4v) is 2.37.